The first kappa shape index (κ1) is 45.0. The highest BCUT2D eigenvalue weighted by Gasteiger charge is 2.19. The van der Waals surface area contributed by atoms with Crippen molar-refractivity contribution in [3.8, 4) is 0 Å². The molecular formula is C62H60N6. The number of hydrogen-bond acceptors (Lipinski definition) is 6. The van der Waals surface area contributed by atoms with Crippen LogP contribution in [0.3, 0.4) is 0 Å². The van der Waals surface area contributed by atoms with Gasteiger partial charge in [0.1, 0.15) is 0 Å². The van der Waals surface area contributed by atoms with Gasteiger partial charge in [-0.05, 0) is 198 Å². The van der Waals surface area contributed by atoms with E-state index in [9.17, 15) is 0 Å². The lowest BCUT2D eigenvalue weighted by atomic mass is 10.1. The van der Waals surface area contributed by atoms with Crippen molar-refractivity contribution in [2.45, 2.75) is 27.7 Å². The Morgan fingerprint density at radius 3 is 0.456 bits per heavy atom. The molecule has 0 N–H and O–H groups in total. The molecule has 0 fully saturated rings. The average Bonchev–Trinajstić information content (AvgIpc) is 3.41. The van der Waals surface area contributed by atoms with Crippen molar-refractivity contribution in [3.63, 3.8) is 0 Å². The first-order chi connectivity index (χ1) is 33.6. The van der Waals surface area contributed by atoms with Crippen molar-refractivity contribution >= 4 is 79.6 Å². The molecule has 0 aliphatic carbocycles. The van der Waals surface area contributed by atoms with Gasteiger partial charge < -0.3 is 29.4 Å². The van der Waals surface area contributed by atoms with E-state index in [0.717, 1.165) is 83.1 Å². The van der Waals surface area contributed by atoms with Crippen LogP contribution in [0.1, 0.15) is 27.7 Å². The highest BCUT2D eigenvalue weighted by atomic mass is 15.2. The Balaban J connectivity index is 1.10. The maximum atomic E-state index is 2.36. The first-order valence-electron chi connectivity index (χ1n) is 24.0. The van der Waals surface area contributed by atoms with E-state index in [1.54, 1.807) is 0 Å². The third kappa shape index (κ3) is 9.81. The van der Waals surface area contributed by atoms with Crippen LogP contribution < -0.4 is 29.4 Å². The molecular weight excluding hydrogens is 829 g/mol. The Bertz CT molecular complexity index is 2520. The molecule has 0 radical (unpaired) electrons. The Labute approximate surface area is 403 Å². The topological polar surface area (TPSA) is 19.4 Å². The highest BCUT2D eigenvalue weighted by molar-refractivity contribution is 5.84. The molecule has 0 saturated carbocycles. The largest absolute Gasteiger partial charge is 0.342 e. The molecule has 9 aromatic rings. The second kappa shape index (κ2) is 21.4. The predicted octanol–water partition coefficient (Wildman–Crippen LogP) is 17.3. The zero-order valence-corrected chi connectivity index (χ0v) is 39.6. The summed E-state index contributed by atoms with van der Waals surface area (Å²) in [5, 5.41) is 0. The summed E-state index contributed by atoms with van der Waals surface area (Å²) in [5.74, 6) is 0. The number of para-hydroxylation sites is 4. The summed E-state index contributed by atoms with van der Waals surface area (Å²) in [4.78, 5) is 14.1. The van der Waals surface area contributed by atoms with Crippen molar-refractivity contribution in [3.05, 3.63) is 243 Å². The molecule has 0 spiro atoms. The van der Waals surface area contributed by atoms with E-state index in [1.807, 2.05) is 0 Å². The van der Waals surface area contributed by atoms with E-state index in [4.69, 9.17) is 0 Å². The van der Waals surface area contributed by atoms with Gasteiger partial charge in [-0.25, -0.2) is 0 Å². The molecule has 0 saturated heterocycles. The van der Waals surface area contributed by atoms with Crippen LogP contribution in [0.2, 0.25) is 0 Å². The van der Waals surface area contributed by atoms with Gasteiger partial charge in [0.25, 0.3) is 0 Å². The van der Waals surface area contributed by atoms with E-state index < -0.39 is 0 Å². The third-order valence-corrected chi connectivity index (χ3v) is 12.6. The molecule has 9 rings (SSSR count). The van der Waals surface area contributed by atoms with Gasteiger partial charge in [-0.15, -0.1) is 0 Å². The Morgan fingerprint density at radius 1 is 0.176 bits per heavy atom. The van der Waals surface area contributed by atoms with Crippen molar-refractivity contribution in [2.75, 3.05) is 55.6 Å². The zero-order valence-electron chi connectivity index (χ0n) is 39.6. The van der Waals surface area contributed by atoms with Crippen molar-refractivity contribution in [1.82, 2.24) is 0 Å². The van der Waals surface area contributed by atoms with Gasteiger partial charge >= 0.3 is 0 Å². The summed E-state index contributed by atoms with van der Waals surface area (Å²) in [5.41, 5.74) is 15.8. The van der Waals surface area contributed by atoms with Crippen molar-refractivity contribution in [2.24, 2.45) is 0 Å². The smallest absolute Gasteiger partial charge is 0.0463 e. The Morgan fingerprint density at radius 2 is 0.309 bits per heavy atom. The molecule has 0 amide bonds. The quantitative estimate of drug-likeness (QED) is 0.0849. The zero-order chi connectivity index (χ0) is 46.7. The van der Waals surface area contributed by atoms with E-state index in [2.05, 4.69) is 300 Å². The SMILES string of the molecule is CCN(c1ccccc1)c1ccc(N(c2ccc(N(CC)c3ccccc3)cc2)c2ccc(N(c3ccc(N(CC)c4ccccc4)cc3)c3ccc(N(CC)c4ccccc4)cc3)cc2)cc1. The lowest BCUT2D eigenvalue weighted by molar-refractivity contribution is 1.02. The number of anilines is 14. The van der Waals surface area contributed by atoms with E-state index in [1.165, 1.54) is 22.7 Å². The van der Waals surface area contributed by atoms with E-state index >= 15 is 0 Å². The lowest BCUT2D eigenvalue weighted by Crippen LogP contribution is -2.17. The number of rotatable bonds is 18. The fourth-order valence-corrected chi connectivity index (χ4v) is 9.26. The highest BCUT2D eigenvalue weighted by Crippen LogP contribution is 2.42. The first-order valence-corrected chi connectivity index (χ1v) is 24.0. The van der Waals surface area contributed by atoms with Gasteiger partial charge in [0, 0.05) is 106 Å². The fourth-order valence-electron chi connectivity index (χ4n) is 9.26. The second-order valence-electron chi connectivity index (χ2n) is 16.6. The molecule has 0 aliphatic rings. The summed E-state index contributed by atoms with van der Waals surface area (Å²) in [6.45, 7) is 12.3. The minimum Gasteiger partial charge on any atom is -0.342 e. The van der Waals surface area contributed by atoms with Crippen LogP contribution in [-0.2, 0) is 0 Å². The molecule has 9 aromatic carbocycles. The molecule has 68 heavy (non-hydrogen) atoms. The van der Waals surface area contributed by atoms with Gasteiger partial charge in [-0.2, -0.15) is 0 Å². The molecule has 338 valence electrons. The van der Waals surface area contributed by atoms with Crippen LogP contribution in [0.25, 0.3) is 0 Å². The summed E-state index contributed by atoms with van der Waals surface area (Å²) in [6.07, 6.45) is 0. The summed E-state index contributed by atoms with van der Waals surface area (Å²) in [6, 6.07) is 87.2. The summed E-state index contributed by atoms with van der Waals surface area (Å²) in [7, 11) is 0. The molecule has 0 unspecified atom stereocenters. The summed E-state index contributed by atoms with van der Waals surface area (Å²) < 4.78 is 0. The van der Waals surface area contributed by atoms with Crippen molar-refractivity contribution < 1.29 is 0 Å². The van der Waals surface area contributed by atoms with Gasteiger partial charge in [-0.1, -0.05) is 72.8 Å². The Hall–Kier alpha value is -8.22. The Kier molecular flexibility index (Phi) is 14.1. The monoisotopic (exact) mass is 888 g/mol. The molecule has 0 bridgehead atoms. The maximum absolute atomic E-state index is 2.36. The van der Waals surface area contributed by atoms with E-state index in [0.29, 0.717) is 0 Å². The van der Waals surface area contributed by atoms with E-state index in [-0.39, 0.29) is 0 Å². The number of benzene rings is 9. The lowest BCUT2D eigenvalue weighted by Gasteiger charge is -2.30. The van der Waals surface area contributed by atoms with Gasteiger partial charge in [0.2, 0.25) is 0 Å². The van der Waals surface area contributed by atoms with Gasteiger partial charge in [-0.3, -0.25) is 0 Å². The molecule has 0 atom stereocenters. The van der Waals surface area contributed by atoms with Crippen molar-refractivity contribution in [1.29, 1.82) is 0 Å². The van der Waals surface area contributed by atoms with Gasteiger partial charge in [0.05, 0.1) is 0 Å². The average molecular weight is 889 g/mol. The van der Waals surface area contributed by atoms with Crippen LogP contribution >= 0.6 is 0 Å². The maximum Gasteiger partial charge on any atom is 0.0463 e. The molecule has 6 heteroatoms. The van der Waals surface area contributed by atoms with Gasteiger partial charge in [0.15, 0.2) is 0 Å². The van der Waals surface area contributed by atoms with Crippen LogP contribution in [0, 0.1) is 0 Å². The van der Waals surface area contributed by atoms with Crippen LogP contribution in [-0.4, -0.2) is 26.2 Å². The molecule has 0 aromatic heterocycles. The fraction of sp³-hybridized carbons (Fsp3) is 0.129. The number of hydrogen-bond donors (Lipinski definition) is 0. The van der Waals surface area contributed by atoms with Crippen LogP contribution in [0.4, 0.5) is 79.6 Å². The second-order valence-corrected chi connectivity index (χ2v) is 16.6. The van der Waals surface area contributed by atoms with Crippen LogP contribution in [0.15, 0.2) is 243 Å². The van der Waals surface area contributed by atoms with Crippen LogP contribution in [0.5, 0.6) is 0 Å². The predicted molar refractivity (Wildman–Crippen MR) is 292 cm³/mol. The molecule has 0 aliphatic heterocycles. The normalized spacial score (nSPS) is 10.9. The molecule has 0 heterocycles. The summed E-state index contributed by atoms with van der Waals surface area (Å²) >= 11 is 0. The number of nitrogens with zero attached hydrogens (tertiary/aromatic N) is 6. The minimum absolute atomic E-state index is 0.862. The standard InChI is InChI=1S/C62H60N6/c1-5-63(49-21-13-9-14-22-49)53-29-37-57(38-30-53)67(58-39-31-54(32-40-58)64(6-2)50-23-15-10-16-24-50)61-45-47-62(48-46-61)68(59-41-33-55(34-42-59)65(7-3)51-25-17-11-18-26-51)60-43-35-56(36-44-60)66(8-4)52-27-19-12-20-28-52/h9-48H,5-8H2,1-4H3. The minimum atomic E-state index is 0.862. The molecule has 6 nitrogen and oxygen atoms in total. The third-order valence-electron chi connectivity index (χ3n) is 12.6.